The number of nitrogens with one attached hydrogen (secondary N) is 1. The van der Waals surface area contributed by atoms with Gasteiger partial charge in [0.05, 0.1) is 4.88 Å². The first-order valence-corrected chi connectivity index (χ1v) is 9.48. The van der Waals surface area contributed by atoms with E-state index >= 15 is 0 Å². The molecule has 0 aromatic carbocycles. The summed E-state index contributed by atoms with van der Waals surface area (Å²) in [6.07, 6.45) is 6.51. The molecule has 3 aromatic rings. The first-order valence-electron chi connectivity index (χ1n) is 8.60. The lowest BCUT2D eigenvalue weighted by Gasteiger charge is -2.27. The summed E-state index contributed by atoms with van der Waals surface area (Å²) >= 11 is 1.47. The minimum atomic E-state index is 0.0291. The van der Waals surface area contributed by atoms with Gasteiger partial charge in [0, 0.05) is 17.8 Å². The average Bonchev–Trinajstić information content (AvgIpc) is 3.19. The fraction of sp³-hybridized carbons (Fsp3) is 0.389. The average molecular weight is 355 g/mol. The van der Waals surface area contributed by atoms with Crippen LogP contribution in [0.15, 0.2) is 29.8 Å². The third kappa shape index (κ3) is 3.37. The van der Waals surface area contributed by atoms with Crippen LogP contribution in [0.5, 0.6) is 0 Å². The van der Waals surface area contributed by atoms with Gasteiger partial charge in [-0.05, 0) is 47.9 Å². The zero-order valence-electron chi connectivity index (χ0n) is 14.1. The number of thiophene rings is 1. The summed E-state index contributed by atoms with van der Waals surface area (Å²) in [5.41, 5.74) is 8.33. The van der Waals surface area contributed by atoms with E-state index in [1.54, 1.807) is 4.52 Å². The molecule has 0 aliphatic heterocycles. The third-order valence-electron chi connectivity index (χ3n) is 4.78. The van der Waals surface area contributed by atoms with E-state index in [1.165, 1.54) is 24.2 Å². The fourth-order valence-corrected chi connectivity index (χ4v) is 4.32. The summed E-state index contributed by atoms with van der Waals surface area (Å²) < 4.78 is 1.66. The smallest absolute Gasteiger partial charge is 0.261 e. The molecule has 3 heterocycles. The quantitative estimate of drug-likeness (QED) is 0.754. The molecule has 1 fully saturated rings. The molecule has 1 aliphatic rings. The summed E-state index contributed by atoms with van der Waals surface area (Å²) in [7, 11) is 0. The molecule has 130 valence electrons. The van der Waals surface area contributed by atoms with Crippen LogP contribution in [0.3, 0.4) is 0 Å². The van der Waals surface area contributed by atoms with E-state index in [1.807, 2.05) is 29.8 Å². The number of nitrogen functional groups attached to an aromatic ring is 1. The third-order valence-corrected chi connectivity index (χ3v) is 5.70. The summed E-state index contributed by atoms with van der Waals surface area (Å²) in [5.74, 6) is 0.977. The monoisotopic (exact) mass is 355 g/mol. The maximum Gasteiger partial charge on any atom is 0.261 e. The second-order valence-corrected chi connectivity index (χ2v) is 7.74. The second-order valence-electron chi connectivity index (χ2n) is 6.83. The molecule has 0 spiro atoms. The number of hydrogen-bond acceptors (Lipinski definition) is 5. The first kappa shape index (κ1) is 16.1. The zero-order chi connectivity index (χ0) is 17.4. The zero-order valence-corrected chi connectivity index (χ0v) is 14.9. The molecule has 0 bridgehead atoms. The molecule has 3 N–H and O–H groups in total. The number of pyridine rings is 1. The van der Waals surface area contributed by atoms with E-state index in [0.29, 0.717) is 17.6 Å². The molecule has 7 heteroatoms. The summed E-state index contributed by atoms with van der Waals surface area (Å²) in [4.78, 5) is 17.4. The Balaban J connectivity index is 1.51. The molecule has 0 unspecified atom stereocenters. The molecule has 25 heavy (non-hydrogen) atoms. The fourth-order valence-electron chi connectivity index (χ4n) is 3.50. The number of carbonyl (C=O) groups excluding carboxylic acids is 1. The topological polar surface area (TPSA) is 85.3 Å². The first-order chi connectivity index (χ1) is 12.1. The molecule has 1 saturated carbocycles. The molecule has 0 saturated heterocycles. The second kappa shape index (κ2) is 6.48. The van der Waals surface area contributed by atoms with Gasteiger partial charge in [-0.3, -0.25) is 4.79 Å². The normalized spacial score (nSPS) is 20.7. The lowest BCUT2D eigenvalue weighted by molar-refractivity contribution is 0.0925. The molecule has 1 amide bonds. The number of hydrogen-bond donors (Lipinski definition) is 2. The number of amides is 1. The maximum atomic E-state index is 12.5. The number of nitrogens with zero attached hydrogens (tertiary/aromatic N) is 3. The van der Waals surface area contributed by atoms with Crippen molar-refractivity contribution < 1.29 is 4.79 Å². The van der Waals surface area contributed by atoms with Crippen LogP contribution in [-0.4, -0.2) is 26.5 Å². The minimum absolute atomic E-state index is 0.0291. The van der Waals surface area contributed by atoms with E-state index in [4.69, 9.17) is 5.73 Å². The van der Waals surface area contributed by atoms with Gasteiger partial charge in [0.15, 0.2) is 5.65 Å². The molecule has 6 nitrogen and oxygen atoms in total. The Morgan fingerprint density at radius 2 is 2.24 bits per heavy atom. The number of rotatable bonds is 3. The number of carbonyl (C=O) groups is 1. The van der Waals surface area contributed by atoms with Crippen molar-refractivity contribution in [2.24, 2.45) is 5.92 Å². The summed E-state index contributed by atoms with van der Waals surface area (Å²) in [6, 6.07) is 6.08. The Hall–Kier alpha value is -2.41. The Morgan fingerprint density at radius 1 is 1.36 bits per heavy atom. The van der Waals surface area contributed by atoms with Crippen LogP contribution in [-0.2, 0) is 0 Å². The van der Waals surface area contributed by atoms with E-state index < -0.39 is 0 Å². The number of fused-ring (bicyclic) bond motifs is 1. The highest BCUT2D eigenvalue weighted by molar-refractivity contribution is 7.12. The van der Waals surface area contributed by atoms with Gasteiger partial charge in [-0.2, -0.15) is 4.98 Å². The molecule has 3 aromatic heterocycles. The van der Waals surface area contributed by atoms with Crippen LogP contribution >= 0.6 is 11.3 Å². The molecule has 2 atom stereocenters. The Labute approximate surface area is 150 Å². The lowest BCUT2D eigenvalue weighted by atomic mass is 9.87. The largest absolute Gasteiger partial charge is 0.366 e. The van der Waals surface area contributed by atoms with Crippen LogP contribution in [0.4, 0.5) is 5.95 Å². The van der Waals surface area contributed by atoms with Crippen LogP contribution in [0.25, 0.3) is 16.8 Å². The van der Waals surface area contributed by atoms with Gasteiger partial charge in [-0.25, -0.2) is 4.52 Å². The van der Waals surface area contributed by atoms with Crippen molar-refractivity contribution in [3.05, 3.63) is 34.7 Å². The maximum absolute atomic E-state index is 12.5. The van der Waals surface area contributed by atoms with Gasteiger partial charge in [0.25, 0.3) is 5.91 Å². The van der Waals surface area contributed by atoms with Gasteiger partial charge in [0.2, 0.25) is 5.95 Å². The Morgan fingerprint density at radius 3 is 3.08 bits per heavy atom. The number of anilines is 1. The molecular weight excluding hydrogens is 334 g/mol. The van der Waals surface area contributed by atoms with Crippen molar-refractivity contribution in [3.8, 4) is 11.1 Å². The molecular formula is C18H21N5OS. The standard InChI is InChI=1S/C18H21N5OS/c1-11-3-2-4-14(7-11)20-17(24)15-8-13(10-25-15)12-5-6-16-21-18(19)22-23(16)9-12/h5-6,8-11,14H,2-4,7H2,1H3,(H2,19,22)(H,20,24)/t11-,14-/m0/s1. The summed E-state index contributed by atoms with van der Waals surface area (Å²) in [6.45, 7) is 2.26. The highest BCUT2D eigenvalue weighted by Crippen LogP contribution is 2.27. The number of nitrogens with two attached hydrogens (primary N) is 1. The predicted molar refractivity (Wildman–Crippen MR) is 99.6 cm³/mol. The molecule has 1 aliphatic carbocycles. The SMILES string of the molecule is C[C@H]1CCC[C@H](NC(=O)c2cc(-c3ccc4nc(N)nn4c3)cs2)C1. The van der Waals surface area contributed by atoms with Gasteiger partial charge < -0.3 is 11.1 Å². The highest BCUT2D eigenvalue weighted by atomic mass is 32.1. The molecule has 0 radical (unpaired) electrons. The van der Waals surface area contributed by atoms with Gasteiger partial charge in [-0.1, -0.05) is 19.8 Å². The van der Waals surface area contributed by atoms with Crippen LogP contribution in [0, 0.1) is 5.92 Å². The van der Waals surface area contributed by atoms with E-state index in [0.717, 1.165) is 28.8 Å². The molecule has 4 rings (SSSR count). The Kier molecular flexibility index (Phi) is 4.17. The number of aromatic nitrogens is 3. The minimum Gasteiger partial charge on any atom is -0.366 e. The van der Waals surface area contributed by atoms with Crippen molar-refractivity contribution in [2.75, 3.05) is 5.73 Å². The van der Waals surface area contributed by atoms with Gasteiger partial charge in [-0.15, -0.1) is 16.4 Å². The van der Waals surface area contributed by atoms with Crippen molar-refractivity contribution >= 4 is 28.8 Å². The lowest BCUT2D eigenvalue weighted by Crippen LogP contribution is -2.37. The Bertz CT molecular complexity index is 915. The van der Waals surface area contributed by atoms with E-state index in [2.05, 4.69) is 22.3 Å². The van der Waals surface area contributed by atoms with Gasteiger partial charge >= 0.3 is 0 Å². The van der Waals surface area contributed by atoms with Crippen molar-refractivity contribution in [1.82, 2.24) is 19.9 Å². The van der Waals surface area contributed by atoms with Crippen molar-refractivity contribution in [3.63, 3.8) is 0 Å². The van der Waals surface area contributed by atoms with Crippen LogP contribution < -0.4 is 11.1 Å². The van der Waals surface area contributed by atoms with E-state index in [9.17, 15) is 4.79 Å². The van der Waals surface area contributed by atoms with Crippen LogP contribution in [0.2, 0.25) is 0 Å². The predicted octanol–water partition coefficient (Wildman–Crippen LogP) is 3.35. The highest BCUT2D eigenvalue weighted by Gasteiger charge is 2.21. The van der Waals surface area contributed by atoms with E-state index in [-0.39, 0.29) is 11.9 Å². The van der Waals surface area contributed by atoms with Crippen molar-refractivity contribution in [2.45, 2.75) is 38.6 Å². The van der Waals surface area contributed by atoms with Crippen molar-refractivity contribution in [1.29, 1.82) is 0 Å². The van der Waals surface area contributed by atoms with Crippen LogP contribution in [0.1, 0.15) is 42.3 Å². The van der Waals surface area contributed by atoms with Gasteiger partial charge in [0.1, 0.15) is 0 Å². The summed E-state index contributed by atoms with van der Waals surface area (Å²) in [5, 5.41) is 9.32.